The van der Waals surface area contributed by atoms with Crippen LogP contribution in [0.15, 0.2) is 18.2 Å². The van der Waals surface area contributed by atoms with E-state index in [0.717, 1.165) is 28.5 Å². The third-order valence-corrected chi connectivity index (χ3v) is 6.44. The topological polar surface area (TPSA) is 12.0 Å². The first-order chi connectivity index (χ1) is 10.3. The van der Waals surface area contributed by atoms with Crippen LogP contribution in [0.4, 0.5) is 5.69 Å². The number of benzene rings is 1. The Morgan fingerprint density at radius 2 is 1.55 bits per heavy atom. The highest BCUT2D eigenvalue weighted by Gasteiger charge is 2.51. The van der Waals surface area contributed by atoms with Gasteiger partial charge in [0.1, 0.15) is 0 Å². The van der Waals surface area contributed by atoms with Crippen molar-refractivity contribution in [3.63, 3.8) is 0 Å². The lowest BCUT2D eigenvalue weighted by Gasteiger charge is -2.57. The highest BCUT2D eigenvalue weighted by molar-refractivity contribution is 6.33. The molecule has 0 spiro atoms. The molecule has 0 amide bonds. The van der Waals surface area contributed by atoms with E-state index in [9.17, 15) is 0 Å². The van der Waals surface area contributed by atoms with E-state index in [0.29, 0.717) is 5.41 Å². The molecule has 4 bridgehead atoms. The molecule has 1 aromatic rings. The Labute approximate surface area is 139 Å². The van der Waals surface area contributed by atoms with Gasteiger partial charge in [0.25, 0.3) is 0 Å². The van der Waals surface area contributed by atoms with Crippen LogP contribution in [0.2, 0.25) is 5.02 Å². The van der Waals surface area contributed by atoms with Gasteiger partial charge >= 0.3 is 0 Å². The Morgan fingerprint density at radius 3 is 2.00 bits per heavy atom. The predicted molar refractivity (Wildman–Crippen MR) is 94.7 cm³/mol. The van der Waals surface area contributed by atoms with Crippen LogP contribution in [0, 0.1) is 17.8 Å². The summed E-state index contributed by atoms with van der Waals surface area (Å²) in [5.74, 6) is 2.95. The molecule has 4 saturated carbocycles. The SMILES string of the molecule is CC(C)(C)Nc1ccc(C23CC4CC(CC(C4)C2)C3)cc1Cl. The molecule has 1 nitrogen and oxygen atoms in total. The van der Waals surface area contributed by atoms with Gasteiger partial charge in [0.2, 0.25) is 0 Å². The maximum absolute atomic E-state index is 6.61. The second-order valence-electron chi connectivity index (χ2n) is 9.27. The molecule has 0 saturated heterocycles. The molecule has 0 aliphatic heterocycles. The van der Waals surface area contributed by atoms with Gasteiger partial charge < -0.3 is 5.32 Å². The molecule has 22 heavy (non-hydrogen) atoms. The van der Waals surface area contributed by atoms with E-state index in [1.54, 1.807) is 0 Å². The maximum Gasteiger partial charge on any atom is 0.0640 e. The molecule has 4 aliphatic carbocycles. The molecule has 0 radical (unpaired) electrons. The summed E-state index contributed by atoms with van der Waals surface area (Å²) in [4.78, 5) is 0. The van der Waals surface area contributed by atoms with Crippen molar-refractivity contribution in [3.8, 4) is 0 Å². The van der Waals surface area contributed by atoms with Crippen molar-refractivity contribution in [1.82, 2.24) is 0 Å². The van der Waals surface area contributed by atoms with Crippen LogP contribution in [-0.2, 0) is 5.41 Å². The molecule has 5 rings (SSSR count). The molecule has 2 heteroatoms. The first-order valence-electron chi connectivity index (χ1n) is 8.91. The molecule has 4 fully saturated rings. The van der Waals surface area contributed by atoms with E-state index in [1.165, 1.54) is 44.1 Å². The van der Waals surface area contributed by atoms with Gasteiger partial charge in [-0.2, -0.15) is 0 Å². The second kappa shape index (κ2) is 4.90. The largest absolute Gasteiger partial charge is 0.379 e. The Kier molecular flexibility index (Phi) is 3.31. The van der Waals surface area contributed by atoms with Crippen molar-refractivity contribution in [2.75, 3.05) is 5.32 Å². The van der Waals surface area contributed by atoms with Gasteiger partial charge in [-0.15, -0.1) is 0 Å². The number of nitrogens with one attached hydrogen (secondary N) is 1. The van der Waals surface area contributed by atoms with Gasteiger partial charge in [0.05, 0.1) is 10.7 Å². The lowest BCUT2D eigenvalue weighted by Crippen LogP contribution is -2.48. The van der Waals surface area contributed by atoms with Crippen molar-refractivity contribution in [3.05, 3.63) is 28.8 Å². The van der Waals surface area contributed by atoms with Gasteiger partial charge in [0, 0.05) is 5.54 Å². The minimum atomic E-state index is 0.0475. The van der Waals surface area contributed by atoms with Gasteiger partial charge in [0.15, 0.2) is 0 Å². The lowest BCUT2D eigenvalue weighted by molar-refractivity contribution is -0.00517. The highest BCUT2D eigenvalue weighted by Crippen LogP contribution is 2.61. The van der Waals surface area contributed by atoms with Crippen LogP contribution in [0.3, 0.4) is 0 Å². The number of halogens is 1. The zero-order valence-electron chi connectivity index (χ0n) is 14.1. The summed E-state index contributed by atoms with van der Waals surface area (Å²) in [5, 5.41) is 4.41. The van der Waals surface area contributed by atoms with Gasteiger partial charge in [-0.05, 0) is 100 Å². The summed E-state index contributed by atoms with van der Waals surface area (Å²) in [5.41, 5.74) is 3.07. The van der Waals surface area contributed by atoms with Gasteiger partial charge in [-0.25, -0.2) is 0 Å². The van der Waals surface area contributed by atoms with Crippen LogP contribution in [0.25, 0.3) is 0 Å². The van der Waals surface area contributed by atoms with Crippen LogP contribution in [-0.4, -0.2) is 5.54 Å². The minimum absolute atomic E-state index is 0.0475. The third kappa shape index (κ3) is 2.56. The fourth-order valence-corrected chi connectivity index (χ4v) is 6.04. The third-order valence-electron chi connectivity index (χ3n) is 6.13. The zero-order chi connectivity index (χ0) is 15.5. The molecule has 1 aromatic carbocycles. The lowest BCUT2D eigenvalue weighted by atomic mass is 9.48. The molecule has 0 unspecified atom stereocenters. The minimum Gasteiger partial charge on any atom is -0.379 e. The fourth-order valence-electron chi connectivity index (χ4n) is 5.81. The Balaban J connectivity index is 1.64. The van der Waals surface area contributed by atoms with Crippen LogP contribution < -0.4 is 5.32 Å². The van der Waals surface area contributed by atoms with E-state index in [-0.39, 0.29) is 5.54 Å². The number of rotatable bonds is 2. The average Bonchev–Trinajstić information content (AvgIpc) is 2.38. The molecule has 1 N–H and O–H groups in total. The molecule has 120 valence electrons. The van der Waals surface area contributed by atoms with Crippen molar-refractivity contribution < 1.29 is 0 Å². The molecule has 4 aliphatic rings. The van der Waals surface area contributed by atoms with Crippen molar-refractivity contribution >= 4 is 17.3 Å². The Bertz CT molecular complexity index is 549. The maximum atomic E-state index is 6.61. The van der Waals surface area contributed by atoms with Crippen LogP contribution in [0.1, 0.15) is 64.9 Å². The number of hydrogen-bond acceptors (Lipinski definition) is 1. The quantitative estimate of drug-likeness (QED) is 0.703. The Hall–Kier alpha value is -0.690. The van der Waals surface area contributed by atoms with Crippen molar-refractivity contribution in [2.45, 2.75) is 70.3 Å². The summed E-state index contributed by atoms with van der Waals surface area (Å²) >= 11 is 6.61. The average molecular weight is 318 g/mol. The van der Waals surface area contributed by atoms with E-state index in [1.807, 2.05) is 0 Å². The first-order valence-corrected chi connectivity index (χ1v) is 9.29. The zero-order valence-corrected chi connectivity index (χ0v) is 14.8. The predicted octanol–water partition coefficient (Wildman–Crippen LogP) is 6.02. The van der Waals surface area contributed by atoms with E-state index >= 15 is 0 Å². The molecule has 0 atom stereocenters. The van der Waals surface area contributed by atoms with E-state index in [2.05, 4.69) is 44.3 Å². The molecular weight excluding hydrogens is 290 g/mol. The number of anilines is 1. The smallest absolute Gasteiger partial charge is 0.0640 e. The van der Waals surface area contributed by atoms with E-state index < -0.39 is 0 Å². The molecule has 0 heterocycles. The van der Waals surface area contributed by atoms with Crippen LogP contribution in [0.5, 0.6) is 0 Å². The molecule has 0 aromatic heterocycles. The van der Waals surface area contributed by atoms with Crippen molar-refractivity contribution in [1.29, 1.82) is 0 Å². The summed E-state index contributed by atoms with van der Waals surface area (Å²) in [7, 11) is 0. The summed E-state index contributed by atoms with van der Waals surface area (Å²) in [6, 6.07) is 6.83. The highest BCUT2D eigenvalue weighted by atomic mass is 35.5. The normalized spacial score (nSPS) is 36.6. The standard InChI is InChI=1S/C20H28ClN/c1-19(2,3)22-18-5-4-16(9-17(18)21)20-10-13-6-14(11-20)8-15(7-13)12-20/h4-5,9,13-15,22H,6-8,10-12H2,1-3H3. The summed E-state index contributed by atoms with van der Waals surface area (Å²) in [6.07, 6.45) is 8.70. The molecular formula is C20H28ClN. The monoisotopic (exact) mass is 317 g/mol. The van der Waals surface area contributed by atoms with E-state index in [4.69, 9.17) is 11.6 Å². The summed E-state index contributed by atoms with van der Waals surface area (Å²) in [6.45, 7) is 6.53. The Morgan fingerprint density at radius 1 is 1.00 bits per heavy atom. The van der Waals surface area contributed by atoms with Crippen LogP contribution >= 0.6 is 11.6 Å². The fraction of sp³-hybridized carbons (Fsp3) is 0.700. The van der Waals surface area contributed by atoms with Gasteiger partial charge in [-0.1, -0.05) is 17.7 Å². The summed E-state index contributed by atoms with van der Waals surface area (Å²) < 4.78 is 0. The van der Waals surface area contributed by atoms with Gasteiger partial charge in [-0.3, -0.25) is 0 Å². The first kappa shape index (κ1) is 14.9. The number of hydrogen-bond donors (Lipinski definition) is 1. The second-order valence-corrected chi connectivity index (χ2v) is 9.67. The van der Waals surface area contributed by atoms with Crippen molar-refractivity contribution in [2.24, 2.45) is 17.8 Å².